The number of rotatable bonds is 7. The van der Waals surface area contributed by atoms with E-state index in [1.54, 1.807) is 11.3 Å². The van der Waals surface area contributed by atoms with Gasteiger partial charge < -0.3 is 10.4 Å². The van der Waals surface area contributed by atoms with E-state index in [0.29, 0.717) is 0 Å². The second-order valence-electron chi connectivity index (χ2n) is 3.56. The molecule has 1 aromatic rings. The number of nitrogens with one attached hydrogen (secondary N) is 1. The summed E-state index contributed by atoms with van der Waals surface area (Å²) in [6.45, 7) is 6.31. The van der Waals surface area contributed by atoms with Crippen LogP contribution in [0.2, 0.25) is 0 Å². The third kappa shape index (κ3) is 3.89. The van der Waals surface area contributed by atoms with Crippen LogP contribution in [0.1, 0.15) is 42.3 Å². The quantitative estimate of drug-likeness (QED) is 0.702. The average Bonchev–Trinajstić information content (AvgIpc) is 2.62. The molecule has 0 aromatic carbocycles. The number of aliphatic hydroxyl groups is 1. The van der Waals surface area contributed by atoms with Crippen LogP contribution in [-0.4, -0.2) is 16.6 Å². The molecule has 3 nitrogen and oxygen atoms in total. The van der Waals surface area contributed by atoms with Crippen molar-refractivity contribution in [3.63, 3.8) is 0 Å². The van der Waals surface area contributed by atoms with Gasteiger partial charge in [-0.15, -0.1) is 11.3 Å². The van der Waals surface area contributed by atoms with E-state index in [-0.39, 0.29) is 6.61 Å². The summed E-state index contributed by atoms with van der Waals surface area (Å²) in [7, 11) is 0. The first kappa shape index (κ1) is 12.6. The lowest BCUT2D eigenvalue weighted by Gasteiger charge is -2.02. The number of hydrogen-bond acceptors (Lipinski definition) is 4. The zero-order valence-corrected chi connectivity index (χ0v) is 10.4. The summed E-state index contributed by atoms with van der Waals surface area (Å²) >= 11 is 1.63. The highest BCUT2D eigenvalue weighted by molar-refractivity contribution is 7.11. The highest BCUT2D eigenvalue weighted by atomic mass is 32.1. The average molecular weight is 228 g/mol. The van der Waals surface area contributed by atoms with Crippen LogP contribution in [0.5, 0.6) is 0 Å². The lowest BCUT2D eigenvalue weighted by molar-refractivity contribution is 0.281. The first-order valence-electron chi connectivity index (χ1n) is 5.60. The van der Waals surface area contributed by atoms with Crippen LogP contribution in [0.3, 0.4) is 0 Å². The molecule has 0 saturated heterocycles. The minimum absolute atomic E-state index is 0.0646. The van der Waals surface area contributed by atoms with Gasteiger partial charge in [-0.25, -0.2) is 4.98 Å². The molecule has 0 aliphatic heterocycles. The number of nitrogens with zero attached hydrogens (tertiary/aromatic N) is 1. The second-order valence-corrected chi connectivity index (χ2v) is 4.73. The molecule has 0 aliphatic carbocycles. The molecule has 0 atom stereocenters. The van der Waals surface area contributed by atoms with Gasteiger partial charge in [-0.05, 0) is 19.4 Å². The molecule has 0 saturated carbocycles. The Morgan fingerprint density at radius 2 is 2.13 bits per heavy atom. The zero-order chi connectivity index (χ0) is 11.1. The van der Waals surface area contributed by atoms with Crippen LogP contribution >= 0.6 is 11.3 Å². The van der Waals surface area contributed by atoms with Crippen molar-refractivity contribution >= 4 is 11.3 Å². The molecule has 0 fully saturated rings. The molecule has 0 spiro atoms. The van der Waals surface area contributed by atoms with E-state index in [9.17, 15) is 0 Å². The number of hydrogen-bond donors (Lipinski definition) is 2. The van der Waals surface area contributed by atoms with Gasteiger partial charge in [0.2, 0.25) is 0 Å². The highest BCUT2D eigenvalue weighted by Gasteiger charge is 2.09. The molecule has 0 radical (unpaired) electrons. The molecule has 86 valence electrons. The van der Waals surface area contributed by atoms with Crippen molar-refractivity contribution < 1.29 is 5.11 Å². The van der Waals surface area contributed by atoms with Gasteiger partial charge in [0.1, 0.15) is 5.01 Å². The first-order chi connectivity index (χ1) is 7.31. The summed E-state index contributed by atoms with van der Waals surface area (Å²) in [5.74, 6) is 0. The molecule has 0 bridgehead atoms. The normalized spacial score (nSPS) is 10.9. The van der Waals surface area contributed by atoms with Gasteiger partial charge in [-0.1, -0.05) is 20.3 Å². The minimum atomic E-state index is 0.0646. The highest BCUT2D eigenvalue weighted by Crippen LogP contribution is 2.19. The largest absolute Gasteiger partial charge is 0.389 e. The van der Waals surface area contributed by atoms with E-state index >= 15 is 0 Å². The SMILES string of the molecule is CCCNCc1sc(CO)nc1CCC. The lowest BCUT2D eigenvalue weighted by Crippen LogP contribution is -2.13. The molecular formula is C11H20N2OS. The van der Waals surface area contributed by atoms with Gasteiger partial charge in [0.15, 0.2) is 0 Å². The summed E-state index contributed by atoms with van der Waals surface area (Å²) in [5.41, 5.74) is 1.16. The summed E-state index contributed by atoms with van der Waals surface area (Å²) in [6.07, 6.45) is 3.27. The van der Waals surface area contributed by atoms with Gasteiger partial charge in [0, 0.05) is 11.4 Å². The van der Waals surface area contributed by atoms with Gasteiger partial charge >= 0.3 is 0 Å². The van der Waals surface area contributed by atoms with Crippen molar-refractivity contribution in [2.24, 2.45) is 0 Å². The van der Waals surface area contributed by atoms with E-state index < -0.39 is 0 Å². The molecule has 1 rings (SSSR count). The van der Waals surface area contributed by atoms with Crippen LogP contribution in [-0.2, 0) is 19.6 Å². The smallest absolute Gasteiger partial charge is 0.119 e. The zero-order valence-electron chi connectivity index (χ0n) is 9.55. The third-order valence-corrected chi connectivity index (χ3v) is 3.24. The van der Waals surface area contributed by atoms with Crippen LogP contribution in [0.15, 0.2) is 0 Å². The molecular weight excluding hydrogens is 208 g/mol. The molecule has 0 unspecified atom stereocenters. The number of aryl methyl sites for hydroxylation is 1. The Labute approximate surface area is 95.6 Å². The standard InChI is InChI=1S/C11H20N2OS/c1-3-5-9-10(7-12-6-4-2)15-11(8-14)13-9/h12,14H,3-8H2,1-2H3. The van der Waals surface area contributed by atoms with Crippen molar-refractivity contribution in [2.45, 2.75) is 46.3 Å². The molecule has 0 aliphatic rings. The Bertz CT molecular complexity index is 286. The van der Waals surface area contributed by atoms with Crippen LogP contribution in [0.25, 0.3) is 0 Å². The maximum absolute atomic E-state index is 9.04. The minimum Gasteiger partial charge on any atom is -0.389 e. The van der Waals surface area contributed by atoms with Gasteiger partial charge in [0.05, 0.1) is 12.3 Å². The monoisotopic (exact) mass is 228 g/mol. The Hall–Kier alpha value is -0.450. The van der Waals surface area contributed by atoms with Crippen molar-refractivity contribution in [1.29, 1.82) is 0 Å². The summed E-state index contributed by atoms with van der Waals surface area (Å²) < 4.78 is 0. The van der Waals surface area contributed by atoms with Crippen LogP contribution < -0.4 is 5.32 Å². The second kappa shape index (κ2) is 6.93. The Kier molecular flexibility index (Phi) is 5.83. The third-order valence-electron chi connectivity index (χ3n) is 2.16. The summed E-state index contributed by atoms with van der Waals surface area (Å²) in [6, 6.07) is 0. The van der Waals surface area contributed by atoms with Gasteiger partial charge in [0.25, 0.3) is 0 Å². The van der Waals surface area contributed by atoms with E-state index in [1.165, 1.54) is 4.88 Å². The Morgan fingerprint density at radius 3 is 2.73 bits per heavy atom. The fourth-order valence-corrected chi connectivity index (χ4v) is 2.40. The van der Waals surface area contributed by atoms with Crippen LogP contribution in [0.4, 0.5) is 0 Å². The Balaban J connectivity index is 2.61. The predicted octanol–water partition coefficient (Wildman–Crippen LogP) is 2.09. The lowest BCUT2D eigenvalue weighted by atomic mass is 10.2. The molecule has 1 aromatic heterocycles. The van der Waals surface area contributed by atoms with E-state index in [4.69, 9.17) is 5.11 Å². The molecule has 1 heterocycles. The maximum atomic E-state index is 9.04. The van der Waals surface area contributed by atoms with Crippen molar-refractivity contribution in [2.75, 3.05) is 6.54 Å². The summed E-state index contributed by atoms with van der Waals surface area (Å²) in [4.78, 5) is 5.71. The molecule has 15 heavy (non-hydrogen) atoms. The van der Waals surface area contributed by atoms with Crippen molar-refractivity contribution in [1.82, 2.24) is 10.3 Å². The first-order valence-corrected chi connectivity index (χ1v) is 6.42. The number of aromatic nitrogens is 1. The Morgan fingerprint density at radius 1 is 1.33 bits per heavy atom. The van der Waals surface area contributed by atoms with E-state index in [1.807, 2.05) is 0 Å². The number of aliphatic hydroxyl groups excluding tert-OH is 1. The van der Waals surface area contributed by atoms with E-state index in [0.717, 1.165) is 43.1 Å². The van der Waals surface area contributed by atoms with Crippen molar-refractivity contribution in [3.8, 4) is 0 Å². The van der Waals surface area contributed by atoms with Crippen molar-refractivity contribution in [3.05, 3.63) is 15.6 Å². The maximum Gasteiger partial charge on any atom is 0.119 e. The fourth-order valence-electron chi connectivity index (χ4n) is 1.45. The van der Waals surface area contributed by atoms with Gasteiger partial charge in [-0.2, -0.15) is 0 Å². The van der Waals surface area contributed by atoms with Gasteiger partial charge in [-0.3, -0.25) is 0 Å². The predicted molar refractivity (Wildman–Crippen MR) is 64.0 cm³/mol. The molecule has 0 amide bonds. The van der Waals surface area contributed by atoms with E-state index in [2.05, 4.69) is 24.1 Å². The van der Waals surface area contributed by atoms with Crippen LogP contribution in [0, 0.1) is 0 Å². The molecule has 2 N–H and O–H groups in total. The summed E-state index contributed by atoms with van der Waals surface area (Å²) in [5, 5.41) is 13.3. The fraction of sp³-hybridized carbons (Fsp3) is 0.727. The molecule has 4 heteroatoms. The number of thiazole rings is 1. The topological polar surface area (TPSA) is 45.1 Å².